The molecule has 0 amide bonds. The zero-order chi connectivity index (χ0) is 13.2. The van der Waals surface area contributed by atoms with Gasteiger partial charge in [0.15, 0.2) is 6.61 Å². The normalized spacial score (nSPS) is 13.1. The average Bonchev–Trinajstić information content (AvgIpc) is 2.11. The molecule has 0 heterocycles. The van der Waals surface area contributed by atoms with Crippen molar-refractivity contribution in [1.29, 1.82) is 0 Å². The minimum Gasteiger partial charge on any atom is -0.448 e. The van der Waals surface area contributed by atoms with Gasteiger partial charge in [0.05, 0.1) is 0 Å². The SMILES string of the molecule is C#CCOC(=O)C(F)(F)C(F)(F)C(F)(F)F. The van der Waals surface area contributed by atoms with E-state index in [4.69, 9.17) is 0 Å². The first-order chi connectivity index (χ1) is 6.98. The maximum absolute atomic E-state index is 12.4. The summed E-state index contributed by atoms with van der Waals surface area (Å²) in [6, 6.07) is 0. The molecular weight excluding hydrogens is 249 g/mol. The van der Waals surface area contributed by atoms with Crippen LogP contribution in [-0.2, 0) is 9.53 Å². The highest BCUT2D eigenvalue weighted by atomic mass is 19.4. The minimum absolute atomic E-state index is 1.14. The van der Waals surface area contributed by atoms with Gasteiger partial charge in [0.2, 0.25) is 0 Å². The fourth-order valence-electron chi connectivity index (χ4n) is 0.504. The number of alkyl halides is 7. The largest absolute Gasteiger partial charge is 0.460 e. The summed E-state index contributed by atoms with van der Waals surface area (Å²) >= 11 is 0. The lowest BCUT2D eigenvalue weighted by molar-refractivity contribution is -0.348. The third-order valence-corrected chi connectivity index (χ3v) is 1.29. The summed E-state index contributed by atoms with van der Waals surface area (Å²) in [7, 11) is 0. The van der Waals surface area contributed by atoms with Gasteiger partial charge in [-0.15, -0.1) is 6.42 Å². The molecule has 0 aromatic rings. The van der Waals surface area contributed by atoms with Crippen LogP contribution in [0.3, 0.4) is 0 Å². The maximum atomic E-state index is 12.4. The Bertz CT molecular complexity index is 312. The van der Waals surface area contributed by atoms with E-state index in [1.807, 2.05) is 0 Å². The van der Waals surface area contributed by atoms with E-state index in [1.165, 1.54) is 5.92 Å². The van der Waals surface area contributed by atoms with Crippen LogP contribution in [-0.4, -0.2) is 30.6 Å². The first-order valence-corrected chi connectivity index (χ1v) is 3.41. The number of hydrogen-bond donors (Lipinski definition) is 0. The lowest BCUT2D eigenvalue weighted by atomic mass is 10.1. The van der Waals surface area contributed by atoms with Crippen LogP contribution in [0.1, 0.15) is 0 Å². The first-order valence-electron chi connectivity index (χ1n) is 3.41. The lowest BCUT2D eigenvalue weighted by Crippen LogP contribution is -2.56. The van der Waals surface area contributed by atoms with Gasteiger partial charge in [0.1, 0.15) is 0 Å². The van der Waals surface area contributed by atoms with E-state index in [9.17, 15) is 35.5 Å². The van der Waals surface area contributed by atoms with E-state index in [1.54, 1.807) is 0 Å². The number of carbonyl (C=O) groups is 1. The molecule has 0 atom stereocenters. The maximum Gasteiger partial charge on any atom is 0.460 e. The number of ether oxygens (including phenoxy) is 1. The predicted molar refractivity (Wildman–Crippen MR) is 35.7 cm³/mol. The van der Waals surface area contributed by atoms with Gasteiger partial charge in [-0.1, -0.05) is 5.92 Å². The van der Waals surface area contributed by atoms with E-state index >= 15 is 0 Å². The zero-order valence-electron chi connectivity index (χ0n) is 7.25. The lowest BCUT2D eigenvalue weighted by Gasteiger charge is -2.25. The number of rotatable bonds is 3. The fourth-order valence-corrected chi connectivity index (χ4v) is 0.504. The summed E-state index contributed by atoms with van der Waals surface area (Å²) in [5.74, 6) is -14.1. The molecule has 0 aliphatic carbocycles. The molecule has 0 aromatic carbocycles. The molecule has 9 heteroatoms. The molecule has 0 saturated heterocycles. The Morgan fingerprint density at radius 3 is 1.88 bits per heavy atom. The Morgan fingerprint density at radius 1 is 1.12 bits per heavy atom. The van der Waals surface area contributed by atoms with Crippen molar-refractivity contribution in [2.24, 2.45) is 0 Å². The van der Waals surface area contributed by atoms with Gasteiger partial charge >= 0.3 is 24.0 Å². The fraction of sp³-hybridized carbons (Fsp3) is 0.571. The summed E-state index contributed by atoms with van der Waals surface area (Å²) in [4.78, 5) is 10.3. The summed E-state index contributed by atoms with van der Waals surface area (Å²) in [5.41, 5.74) is 0. The number of hydrogen-bond acceptors (Lipinski definition) is 2. The van der Waals surface area contributed by atoms with Crippen molar-refractivity contribution in [3.05, 3.63) is 0 Å². The van der Waals surface area contributed by atoms with Crippen LogP contribution in [0.15, 0.2) is 0 Å². The molecule has 0 saturated carbocycles. The summed E-state index contributed by atoms with van der Waals surface area (Å²) < 4.78 is 87.1. The molecule has 0 fully saturated rings. The number of terminal acetylenes is 1. The molecule has 0 N–H and O–H groups in total. The monoisotopic (exact) mass is 252 g/mol. The van der Waals surface area contributed by atoms with Gasteiger partial charge in [-0.3, -0.25) is 0 Å². The van der Waals surface area contributed by atoms with Crippen molar-refractivity contribution in [2.45, 2.75) is 18.0 Å². The molecule has 16 heavy (non-hydrogen) atoms. The summed E-state index contributed by atoms with van der Waals surface area (Å²) in [6.45, 7) is -1.14. The minimum atomic E-state index is -6.58. The Balaban J connectivity index is 5.06. The molecule has 0 aliphatic heterocycles. The Morgan fingerprint density at radius 2 is 1.56 bits per heavy atom. The van der Waals surface area contributed by atoms with Crippen LogP contribution in [0.25, 0.3) is 0 Å². The molecule has 0 radical (unpaired) electrons. The molecule has 0 spiro atoms. The second-order valence-electron chi connectivity index (χ2n) is 2.43. The second kappa shape index (κ2) is 4.19. The van der Waals surface area contributed by atoms with Crippen molar-refractivity contribution in [3.63, 3.8) is 0 Å². The first kappa shape index (κ1) is 14.5. The van der Waals surface area contributed by atoms with Crippen molar-refractivity contribution in [2.75, 3.05) is 6.61 Å². The standard InChI is InChI=1S/C7H3F7O2/c1-2-3-16-4(15)5(8,9)6(10,11)7(12,13)14/h1H,3H2. The highest BCUT2D eigenvalue weighted by molar-refractivity contribution is 5.79. The van der Waals surface area contributed by atoms with Crippen molar-refractivity contribution >= 4 is 5.97 Å². The van der Waals surface area contributed by atoms with Gasteiger partial charge in [0, 0.05) is 0 Å². The third kappa shape index (κ3) is 2.37. The van der Waals surface area contributed by atoms with Crippen LogP contribution in [0.4, 0.5) is 30.7 Å². The molecule has 0 rings (SSSR count). The summed E-state index contributed by atoms with van der Waals surface area (Å²) in [6.07, 6.45) is -2.14. The van der Waals surface area contributed by atoms with Gasteiger partial charge in [-0.2, -0.15) is 30.7 Å². The van der Waals surface area contributed by atoms with E-state index in [2.05, 4.69) is 11.2 Å². The predicted octanol–water partition coefficient (Wildman–Crippen LogP) is 2.00. The molecule has 0 unspecified atom stereocenters. The Kier molecular flexibility index (Phi) is 3.81. The Hall–Kier alpha value is -1.46. The quantitative estimate of drug-likeness (QED) is 0.436. The highest BCUT2D eigenvalue weighted by Crippen LogP contribution is 2.46. The van der Waals surface area contributed by atoms with Crippen molar-refractivity contribution < 1.29 is 40.3 Å². The van der Waals surface area contributed by atoms with E-state index in [0.717, 1.165) is 0 Å². The summed E-state index contributed by atoms with van der Waals surface area (Å²) in [5, 5.41) is 0. The average molecular weight is 252 g/mol. The highest BCUT2D eigenvalue weighted by Gasteiger charge is 2.77. The number of esters is 1. The van der Waals surface area contributed by atoms with Crippen LogP contribution >= 0.6 is 0 Å². The van der Waals surface area contributed by atoms with Crippen LogP contribution in [0.5, 0.6) is 0 Å². The Labute approximate surface area is 84.4 Å². The van der Waals surface area contributed by atoms with Crippen LogP contribution < -0.4 is 0 Å². The van der Waals surface area contributed by atoms with E-state index in [0.29, 0.717) is 0 Å². The van der Waals surface area contributed by atoms with Crippen molar-refractivity contribution in [3.8, 4) is 12.3 Å². The topological polar surface area (TPSA) is 26.3 Å². The second-order valence-corrected chi connectivity index (χ2v) is 2.43. The van der Waals surface area contributed by atoms with Crippen LogP contribution in [0.2, 0.25) is 0 Å². The van der Waals surface area contributed by atoms with E-state index < -0.39 is 30.6 Å². The molecule has 92 valence electrons. The van der Waals surface area contributed by atoms with Gasteiger partial charge in [-0.25, -0.2) is 4.79 Å². The molecular formula is C7H3F7O2. The van der Waals surface area contributed by atoms with Gasteiger partial charge in [0.25, 0.3) is 0 Å². The van der Waals surface area contributed by atoms with E-state index in [-0.39, 0.29) is 0 Å². The molecule has 2 nitrogen and oxygen atoms in total. The van der Waals surface area contributed by atoms with Crippen molar-refractivity contribution in [1.82, 2.24) is 0 Å². The molecule has 0 bridgehead atoms. The van der Waals surface area contributed by atoms with Crippen LogP contribution in [0, 0.1) is 12.3 Å². The number of carbonyl (C=O) groups excluding carboxylic acids is 1. The molecule has 0 aromatic heterocycles. The van der Waals surface area contributed by atoms with Gasteiger partial charge in [-0.05, 0) is 0 Å². The third-order valence-electron chi connectivity index (χ3n) is 1.29. The number of halogens is 7. The smallest absolute Gasteiger partial charge is 0.448 e. The molecule has 0 aliphatic rings. The van der Waals surface area contributed by atoms with Gasteiger partial charge < -0.3 is 4.74 Å². The zero-order valence-corrected chi connectivity index (χ0v) is 7.25.